The molecule has 0 amide bonds. The standard InChI is InChI=1S/C10H13NOS/c12-13-8-4-2-6-10(13)9-5-1-3-7-11-9/h1,3,5,7,10H,2,4,6,8H2. The number of hydrogen-bond donors (Lipinski definition) is 0. The van der Waals surface area contributed by atoms with Crippen LogP contribution in [-0.4, -0.2) is 14.9 Å². The first-order valence-corrected chi connectivity index (χ1v) is 6.04. The van der Waals surface area contributed by atoms with Gasteiger partial charge in [0.1, 0.15) is 0 Å². The van der Waals surface area contributed by atoms with E-state index < -0.39 is 10.8 Å². The average molecular weight is 195 g/mol. The van der Waals surface area contributed by atoms with E-state index in [2.05, 4.69) is 4.98 Å². The second-order valence-electron chi connectivity index (χ2n) is 3.32. The van der Waals surface area contributed by atoms with E-state index >= 15 is 0 Å². The van der Waals surface area contributed by atoms with Crippen LogP contribution in [-0.2, 0) is 10.8 Å². The van der Waals surface area contributed by atoms with E-state index in [9.17, 15) is 4.21 Å². The third-order valence-corrected chi connectivity index (χ3v) is 4.20. The molecular weight excluding hydrogens is 182 g/mol. The van der Waals surface area contributed by atoms with E-state index in [0.717, 1.165) is 24.3 Å². The van der Waals surface area contributed by atoms with Crippen LogP contribution in [0.2, 0.25) is 0 Å². The van der Waals surface area contributed by atoms with Gasteiger partial charge in [-0.1, -0.05) is 12.5 Å². The van der Waals surface area contributed by atoms with Gasteiger partial charge in [0.15, 0.2) is 0 Å². The summed E-state index contributed by atoms with van der Waals surface area (Å²) in [7, 11) is -0.691. The van der Waals surface area contributed by atoms with Gasteiger partial charge in [0, 0.05) is 22.7 Å². The maximum atomic E-state index is 11.7. The summed E-state index contributed by atoms with van der Waals surface area (Å²) in [6.45, 7) is 0. The van der Waals surface area contributed by atoms with E-state index in [4.69, 9.17) is 0 Å². The highest BCUT2D eigenvalue weighted by Gasteiger charge is 2.22. The van der Waals surface area contributed by atoms with Crippen LogP contribution >= 0.6 is 0 Å². The molecule has 0 spiro atoms. The van der Waals surface area contributed by atoms with Crippen LogP contribution in [0, 0.1) is 0 Å². The minimum Gasteiger partial charge on any atom is -0.260 e. The van der Waals surface area contributed by atoms with Crippen LogP contribution in [0.15, 0.2) is 24.4 Å². The van der Waals surface area contributed by atoms with Crippen molar-refractivity contribution in [2.24, 2.45) is 0 Å². The van der Waals surface area contributed by atoms with E-state index in [1.165, 1.54) is 6.42 Å². The van der Waals surface area contributed by atoms with Crippen molar-refractivity contribution in [3.63, 3.8) is 0 Å². The van der Waals surface area contributed by atoms with Crippen molar-refractivity contribution in [3.8, 4) is 0 Å². The SMILES string of the molecule is O=S1CCCCC1c1ccccn1. The fourth-order valence-corrected chi connectivity index (χ4v) is 3.31. The molecule has 1 aromatic heterocycles. The molecule has 0 radical (unpaired) electrons. The first-order valence-electron chi connectivity index (χ1n) is 4.66. The second kappa shape index (κ2) is 4.01. The summed E-state index contributed by atoms with van der Waals surface area (Å²) in [6.07, 6.45) is 5.10. The Morgan fingerprint density at radius 2 is 2.31 bits per heavy atom. The van der Waals surface area contributed by atoms with Crippen LogP contribution in [0.1, 0.15) is 30.2 Å². The first-order chi connectivity index (χ1) is 6.38. The Hall–Kier alpha value is -0.700. The van der Waals surface area contributed by atoms with Gasteiger partial charge in [-0.25, -0.2) is 0 Å². The lowest BCUT2D eigenvalue weighted by molar-refractivity contribution is 0.613. The molecule has 2 heterocycles. The minimum absolute atomic E-state index is 0.190. The smallest absolute Gasteiger partial charge is 0.0769 e. The molecule has 1 aliphatic heterocycles. The second-order valence-corrected chi connectivity index (χ2v) is 5.06. The number of hydrogen-bond acceptors (Lipinski definition) is 2. The molecule has 2 unspecified atom stereocenters. The highest BCUT2D eigenvalue weighted by atomic mass is 32.2. The van der Waals surface area contributed by atoms with Gasteiger partial charge in [-0.3, -0.25) is 9.19 Å². The zero-order valence-electron chi connectivity index (χ0n) is 7.48. The Morgan fingerprint density at radius 3 is 3.00 bits per heavy atom. The summed E-state index contributed by atoms with van der Waals surface area (Å²) in [5, 5.41) is 0.190. The van der Waals surface area contributed by atoms with E-state index in [1.54, 1.807) is 6.20 Å². The summed E-state index contributed by atoms with van der Waals surface area (Å²) < 4.78 is 11.7. The van der Waals surface area contributed by atoms with Gasteiger partial charge in [-0.05, 0) is 25.0 Å². The van der Waals surface area contributed by atoms with Crippen molar-refractivity contribution in [1.82, 2.24) is 4.98 Å². The van der Waals surface area contributed by atoms with Gasteiger partial charge >= 0.3 is 0 Å². The molecule has 0 bridgehead atoms. The Kier molecular flexibility index (Phi) is 2.74. The lowest BCUT2D eigenvalue weighted by Gasteiger charge is -2.20. The molecule has 1 saturated heterocycles. The summed E-state index contributed by atoms with van der Waals surface area (Å²) in [5.41, 5.74) is 1.00. The van der Waals surface area contributed by atoms with Gasteiger partial charge < -0.3 is 0 Å². The van der Waals surface area contributed by atoms with Crippen molar-refractivity contribution in [3.05, 3.63) is 30.1 Å². The Balaban J connectivity index is 2.20. The monoisotopic (exact) mass is 195 g/mol. The van der Waals surface area contributed by atoms with Gasteiger partial charge in [0.25, 0.3) is 0 Å². The van der Waals surface area contributed by atoms with Crippen LogP contribution in [0.3, 0.4) is 0 Å². The van der Waals surface area contributed by atoms with Crippen LogP contribution < -0.4 is 0 Å². The predicted molar refractivity (Wildman–Crippen MR) is 53.8 cm³/mol. The molecule has 0 aliphatic carbocycles. The predicted octanol–water partition coefficient (Wildman–Crippen LogP) is 2.06. The van der Waals surface area contributed by atoms with Gasteiger partial charge in [-0.2, -0.15) is 0 Å². The summed E-state index contributed by atoms with van der Waals surface area (Å²) in [5.74, 6) is 0.848. The fraction of sp³-hybridized carbons (Fsp3) is 0.500. The molecule has 2 nitrogen and oxygen atoms in total. The topological polar surface area (TPSA) is 30.0 Å². The summed E-state index contributed by atoms with van der Waals surface area (Å²) >= 11 is 0. The fourth-order valence-electron chi connectivity index (χ4n) is 1.70. The molecule has 0 N–H and O–H groups in total. The average Bonchev–Trinajstić information content (AvgIpc) is 2.20. The maximum Gasteiger partial charge on any atom is 0.0769 e. The molecule has 0 saturated carbocycles. The van der Waals surface area contributed by atoms with E-state index in [0.29, 0.717) is 0 Å². The van der Waals surface area contributed by atoms with Crippen molar-refractivity contribution < 1.29 is 4.21 Å². The van der Waals surface area contributed by atoms with Crippen molar-refractivity contribution in [2.75, 3.05) is 5.75 Å². The molecule has 2 rings (SSSR count). The maximum absolute atomic E-state index is 11.7. The van der Waals surface area contributed by atoms with Crippen molar-refractivity contribution >= 4 is 10.8 Å². The highest BCUT2D eigenvalue weighted by molar-refractivity contribution is 7.85. The molecule has 1 fully saturated rings. The lowest BCUT2D eigenvalue weighted by Crippen LogP contribution is -2.16. The number of pyridine rings is 1. The lowest BCUT2D eigenvalue weighted by atomic mass is 10.1. The van der Waals surface area contributed by atoms with Gasteiger partial charge in [0.05, 0.1) is 10.9 Å². The Morgan fingerprint density at radius 1 is 1.38 bits per heavy atom. The normalized spacial score (nSPS) is 28.6. The van der Waals surface area contributed by atoms with E-state index in [-0.39, 0.29) is 5.25 Å². The highest BCUT2D eigenvalue weighted by Crippen LogP contribution is 2.28. The number of nitrogens with zero attached hydrogens (tertiary/aromatic N) is 1. The molecular formula is C10H13NOS. The number of rotatable bonds is 1. The van der Waals surface area contributed by atoms with Crippen molar-refractivity contribution in [1.29, 1.82) is 0 Å². The molecule has 0 aromatic carbocycles. The zero-order chi connectivity index (χ0) is 9.10. The van der Waals surface area contributed by atoms with Crippen LogP contribution in [0.5, 0.6) is 0 Å². The minimum atomic E-state index is -0.691. The first kappa shape index (κ1) is 8.88. The molecule has 2 atom stereocenters. The van der Waals surface area contributed by atoms with Crippen molar-refractivity contribution in [2.45, 2.75) is 24.5 Å². The summed E-state index contributed by atoms with van der Waals surface area (Å²) in [4.78, 5) is 4.26. The Labute approximate surface area is 80.8 Å². The summed E-state index contributed by atoms with van der Waals surface area (Å²) in [6, 6.07) is 5.84. The third-order valence-electron chi connectivity index (χ3n) is 2.40. The number of aromatic nitrogens is 1. The molecule has 13 heavy (non-hydrogen) atoms. The molecule has 1 aromatic rings. The van der Waals surface area contributed by atoms with Gasteiger partial charge in [0.2, 0.25) is 0 Å². The van der Waals surface area contributed by atoms with Crippen LogP contribution in [0.25, 0.3) is 0 Å². The molecule has 1 aliphatic rings. The largest absolute Gasteiger partial charge is 0.260 e. The quantitative estimate of drug-likeness (QED) is 0.686. The zero-order valence-corrected chi connectivity index (χ0v) is 8.30. The molecule has 70 valence electrons. The van der Waals surface area contributed by atoms with E-state index in [1.807, 2.05) is 18.2 Å². The third kappa shape index (κ3) is 1.97. The van der Waals surface area contributed by atoms with Crippen LogP contribution in [0.4, 0.5) is 0 Å². The van der Waals surface area contributed by atoms with Gasteiger partial charge in [-0.15, -0.1) is 0 Å². The molecule has 3 heteroatoms. The Bertz CT molecular complexity index is 299.